The molecule has 1 saturated heterocycles. The largest absolute Gasteiger partial charge is 0.507 e. The molecular weight excluding hydrogens is 418 g/mol. The SMILES string of the molecule is CCCCOc1cccc(C(O)=C2C(=O)C(=O)N(CCOC)C2c2cccc(Cl)c2)c1. The van der Waals surface area contributed by atoms with Crippen molar-refractivity contribution in [3.63, 3.8) is 0 Å². The van der Waals surface area contributed by atoms with Crippen molar-refractivity contribution in [3.05, 3.63) is 70.3 Å². The Labute approximate surface area is 187 Å². The Morgan fingerprint density at radius 2 is 1.90 bits per heavy atom. The Balaban J connectivity index is 2.07. The number of rotatable bonds is 9. The van der Waals surface area contributed by atoms with Gasteiger partial charge >= 0.3 is 0 Å². The molecule has 0 radical (unpaired) electrons. The van der Waals surface area contributed by atoms with Crippen LogP contribution in [0.1, 0.15) is 36.9 Å². The molecular formula is C24H26ClNO5. The van der Waals surface area contributed by atoms with Crippen LogP contribution < -0.4 is 4.74 Å². The fourth-order valence-corrected chi connectivity index (χ4v) is 3.75. The minimum Gasteiger partial charge on any atom is -0.507 e. The lowest BCUT2D eigenvalue weighted by atomic mass is 9.95. The number of likely N-dealkylation sites (tertiary alicyclic amines) is 1. The first-order valence-electron chi connectivity index (χ1n) is 10.2. The minimum atomic E-state index is -0.765. The van der Waals surface area contributed by atoms with Crippen molar-refractivity contribution in [2.45, 2.75) is 25.8 Å². The molecule has 1 amide bonds. The maximum atomic E-state index is 12.9. The van der Waals surface area contributed by atoms with E-state index in [9.17, 15) is 14.7 Å². The van der Waals surface area contributed by atoms with Crippen LogP contribution in [0, 0.1) is 0 Å². The highest BCUT2D eigenvalue weighted by molar-refractivity contribution is 6.46. The van der Waals surface area contributed by atoms with Gasteiger partial charge in [-0.2, -0.15) is 0 Å². The molecule has 1 heterocycles. The number of methoxy groups -OCH3 is 1. The lowest BCUT2D eigenvalue weighted by Crippen LogP contribution is -2.32. The van der Waals surface area contributed by atoms with Crippen LogP contribution in [0.3, 0.4) is 0 Å². The first kappa shape index (κ1) is 22.8. The summed E-state index contributed by atoms with van der Waals surface area (Å²) in [4.78, 5) is 27.1. The second kappa shape index (κ2) is 10.5. The van der Waals surface area contributed by atoms with Crippen molar-refractivity contribution in [1.29, 1.82) is 0 Å². The van der Waals surface area contributed by atoms with Gasteiger partial charge in [0.15, 0.2) is 0 Å². The first-order chi connectivity index (χ1) is 15.0. The summed E-state index contributed by atoms with van der Waals surface area (Å²) in [5.41, 5.74) is 1.07. The van der Waals surface area contributed by atoms with Crippen molar-refractivity contribution < 1.29 is 24.2 Å². The number of amides is 1. The molecule has 0 aliphatic carbocycles. The Bertz CT molecular complexity index is 987. The van der Waals surface area contributed by atoms with Gasteiger partial charge < -0.3 is 19.5 Å². The van der Waals surface area contributed by atoms with Crippen LogP contribution in [0.2, 0.25) is 5.02 Å². The molecule has 164 valence electrons. The van der Waals surface area contributed by atoms with Crippen molar-refractivity contribution in [3.8, 4) is 5.75 Å². The molecule has 1 N–H and O–H groups in total. The van der Waals surface area contributed by atoms with Gasteiger partial charge in [0.25, 0.3) is 11.7 Å². The summed E-state index contributed by atoms with van der Waals surface area (Å²) in [5.74, 6) is -1.08. The number of unbranched alkanes of at least 4 members (excludes halogenated alkanes) is 1. The topological polar surface area (TPSA) is 76.1 Å². The zero-order valence-corrected chi connectivity index (χ0v) is 18.4. The average molecular weight is 444 g/mol. The molecule has 2 aromatic rings. The average Bonchev–Trinajstić information content (AvgIpc) is 3.02. The summed E-state index contributed by atoms with van der Waals surface area (Å²) in [7, 11) is 1.52. The van der Waals surface area contributed by atoms with Gasteiger partial charge in [-0.3, -0.25) is 9.59 Å². The molecule has 7 heteroatoms. The number of ketones is 1. The molecule has 0 spiro atoms. The molecule has 31 heavy (non-hydrogen) atoms. The molecule has 0 aromatic heterocycles. The number of benzene rings is 2. The van der Waals surface area contributed by atoms with Gasteiger partial charge in [0.2, 0.25) is 0 Å². The van der Waals surface area contributed by atoms with Crippen LogP contribution >= 0.6 is 11.6 Å². The summed E-state index contributed by atoms with van der Waals surface area (Å²) in [6, 6.07) is 13.0. The normalized spacial score (nSPS) is 17.9. The second-order valence-corrected chi connectivity index (χ2v) is 7.71. The van der Waals surface area contributed by atoms with Gasteiger partial charge in [-0.25, -0.2) is 0 Å². The lowest BCUT2D eigenvalue weighted by Gasteiger charge is -2.25. The molecule has 1 aliphatic rings. The van der Waals surface area contributed by atoms with Crippen molar-refractivity contribution >= 4 is 29.1 Å². The zero-order valence-electron chi connectivity index (χ0n) is 17.6. The highest BCUT2D eigenvalue weighted by Gasteiger charge is 2.45. The van der Waals surface area contributed by atoms with E-state index >= 15 is 0 Å². The summed E-state index contributed by atoms with van der Waals surface area (Å²) >= 11 is 6.17. The third kappa shape index (κ3) is 5.09. The number of aliphatic hydroxyl groups is 1. The quantitative estimate of drug-likeness (QED) is 0.265. The molecule has 1 aliphatic heterocycles. The van der Waals surface area contributed by atoms with Crippen LogP contribution in [0.4, 0.5) is 0 Å². The number of ether oxygens (including phenoxy) is 2. The minimum absolute atomic E-state index is 0.0223. The molecule has 3 rings (SSSR count). The number of Topliss-reactive ketones (excluding diaryl/α,β-unsaturated/α-hetero) is 1. The van der Waals surface area contributed by atoms with E-state index in [0.717, 1.165) is 12.8 Å². The Morgan fingerprint density at radius 1 is 1.13 bits per heavy atom. The number of halogens is 1. The van der Waals surface area contributed by atoms with E-state index in [1.54, 1.807) is 48.5 Å². The van der Waals surface area contributed by atoms with Crippen LogP contribution in [0.15, 0.2) is 54.1 Å². The van der Waals surface area contributed by atoms with Crippen LogP contribution in [0.25, 0.3) is 5.76 Å². The third-order valence-corrected chi connectivity index (χ3v) is 5.35. The van der Waals surface area contributed by atoms with E-state index in [1.807, 2.05) is 0 Å². The van der Waals surface area contributed by atoms with Gasteiger partial charge in [0, 0.05) is 24.2 Å². The second-order valence-electron chi connectivity index (χ2n) is 7.27. The summed E-state index contributed by atoms with van der Waals surface area (Å²) in [6.45, 7) is 3.09. The van der Waals surface area contributed by atoms with Crippen LogP contribution in [0.5, 0.6) is 5.75 Å². The predicted octanol–water partition coefficient (Wildman–Crippen LogP) is 4.59. The number of carbonyl (C=O) groups excluding carboxylic acids is 2. The molecule has 0 saturated carbocycles. The first-order valence-corrected chi connectivity index (χ1v) is 10.6. The summed E-state index contributed by atoms with van der Waals surface area (Å²) in [5, 5.41) is 11.6. The highest BCUT2D eigenvalue weighted by atomic mass is 35.5. The van der Waals surface area contributed by atoms with Crippen molar-refractivity contribution in [2.75, 3.05) is 26.9 Å². The predicted molar refractivity (Wildman–Crippen MR) is 119 cm³/mol. The van der Waals surface area contributed by atoms with E-state index in [0.29, 0.717) is 28.5 Å². The Morgan fingerprint density at radius 3 is 2.61 bits per heavy atom. The number of hydrogen-bond acceptors (Lipinski definition) is 5. The zero-order chi connectivity index (χ0) is 22.4. The standard InChI is InChI=1S/C24H26ClNO5/c1-3-4-12-31-19-10-6-8-17(15-19)22(27)20-21(16-7-5-9-18(25)14-16)26(11-13-30-2)24(29)23(20)28/h5-10,14-15,21,27H,3-4,11-13H2,1-2H3. The summed E-state index contributed by atoms with van der Waals surface area (Å²) < 4.78 is 10.8. The third-order valence-electron chi connectivity index (χ3n) is 5.11. The van der Waals surface area contributed by atoms with E-state index in [-0.39, 0.29) is 24.5 Å². The molecule has 6 nitrogen and oxygen atoms in total. The number of carbonyl (C=O) groups is 2. The van der Waals surface area contributed by atoms with E-state index in [2.05, 4.69) is 6.92 Å². The molecule has 1 unspecified atom stereocenters. The fourth-order valence-electron chi connectivity index (χ4n) is 3.55. The van der Waals surface area contributed by atoms with E-state index in [1.165, 1.54) is 12.0 Å². The van der Waals surface area contributed by atoms with Gasteiger partial charge in [-0.15, -0.1) is 0 Å². The van der Waals surface area contributed by atoms with Crippen molar-refractivity contribution in [2.24, 2.45) is 0 Å². The van der Waals surface area contributed by atoms with Crippen molar-refractivity contribution in [1.82, 2.24) is 4.90 Å². The molecule has 1 fully saturated rings. The smallest absolute Gasteiger partial charge is 0.295 e. The van der Waals surface area contributed by atoms with Gasteiger partial charge in [0.05, 0.1) is 24.8 Å². The lowest BCUT2D eigenvalue weighted by molar-refractivity contribution is -0.140. The monoisotopic (exact) mass is 443 g/mol. The van der Waals surface area contributed by atoms with Gasteiger partial charge in [-0.1, -0.05) is 49.2 Å². The van der Waals surface area contributed by atoms with E-state index < -0.39 is 17.7 Å². The number of nitrogens with zero attached hydrogens (tertiary/aromatic N) is 1. The molecule has 1 atom stereocenters. The number of hydrogen-bond donors (Lipinski definition) is 1. The van der Waals surface area contributed by atoms with Gasteiger partial charge in [0.1, 0.15) is 11.5 Å². The maximum Gasteiger partial charge on any atom is 0.295 e. The number of aliphatic hydroxyl groups excluding tert-OH is 1. The molecule has 0 bridgehead atoms. The summed E-state index contributed by atoms with van der Waals surface area (Å²) in [6.07, 6.45) is 1.92. The van der Waals surface area contributed by atoms with E-state index in [4.69, 9.17) is 21.1 Å². The Hall–Kier alpha value is -2.83. The highest BCUT2D eigenvalue weighted by Crippen LogP contribution is 2.40. The maximum absolute atomic E-state index is 12.9. The van der Waals surface area contributed by atoms with Crippen LogP contribution in [-0.4, -0.2) is 48.6 Å². The van der Waals surface area contributed by atoms with Crippen LogP contribution in [-0.2, 0) is 14.3 Å². The fraction of sp³-hybridized carbons (Fsp3) is 0.333. The van der Waals surface area contributed by atoms with Gasteiger partial charge in [-0.05, 0) is 36.2 Å². The Kier molecular flexibility index (Phi) is 7.71. The molecule has 2 aromatic carbocycles.